The van der Waals surface area contributed by atoms with E-state index in [2.05, 4.69) is 14.1 Å². The van der Waals surface area contributed by atoms with Gasteiger partial charge in [-0.25, -0.2) is 8.78 Å². The van der Waals surface area contributed by atoms with Crippen molar-refractivity contribution in [3.05, 3.63) is 83.6 Å². The minimum absolute atomic E-state index is 0.112. The second kappa shape index (κ2) is 10.8. The zero-order chi connectivity index (χ0) is 29.6. The Kier molecular flexibility index (Phi) is 7.24. The van der Waals surface area contributed by atoms with Crippen LogP contribution in [0.2, 0.25) is 0 Å². The molecule has 3 heterocycles. The third kappa shape index (κ3) is 5.74. The highest BCUT2D eigenvalue weighted by Gasteiger charge is 2.33. The van der Waals surface area contributed by atoms with Crippen molar-refractivity contribution in [3.63, 3.8) is 0 Å². The van der Waals surface area contributed by atoms with Crippen molar-refractivity contribution < 1.29 is 39.8 Å². The number of hydrogen-bond donors (Lipinski definition) is 1. The molecule has 220 valence electrons. The van der Waals surface area contributed by atoms with Crippen molar-refractivity contribution in [2.45, 2.75) is 19.0 Å². The van der Waals surface area contributed by atoms with Crippen molar-refractivity contribution in [2.24, 2.45) is 5.92 Å². The van der Waals surface area contributed by atoms with Crippen molar-refractivity contribution in [1.29, 1.82) is 0 Å². The van der Waals surface area contributed by atoms with Crippen LogP contribution < -0.4 is 13.7 Å². The fourth-order valence-corrected chi connectivity index (χ4v) is 5.74. The molecule has 0 unspecified atom stereocenters. The standard InChI is InChI=1S/C30H27F3N2O6S/c1-30(32,33)20-4-8-23-25-15-34-26-13-22(41-42(36,37)38)7-9-24(26)28(25)29(40-27(23)12-20)19-2-5-21(6-3-19)39-11-10-35-16-18(14-31)17-35/h2-9,12-13,15,18,29H,10-11,14,16-17H2,1H3,(H,36,37,38)/t29-/m0/s1. The molecule has 1 atom stereocenters. The third-order valence-electron chi connectivity index (χ3n) is 7.48. The molecule has 1 N–H and O–H groups in total. The number of alkyl halides is 3. The van der Waals surface area contributed by atoms with Crippen molar-refractivity contribution in [1.82, 2.24) is 9.88 Å². The van der Waals surface area contributed by atoms with E-state index < -0.39 is 22.4 Å². The van der Waals surface area contributed by atoms with Crippen LogP contribution >= 0.6 is 0 Å². The highest BCUT2D eigenvalue weighted by atomic mass is 32.3. The number of nitrogens with zero attached hydrogens (tertiary/aromatic N) is 2. The first kappa shape index (κ1) is 28.3. The minimum Gasteiger partial charge on any atom is -0.492 e. The number of likely N-dealkylation sites (tertiary alicyclic amines) is 1. The largest absolute Gasteiger partial charge is 0.492 e. The van der Waals surface area contributed by atoms with Crippen LogP contribution in [0.4, 0.5) is 13.2 Å². The van der Waals surface area contributed by atoms with Crippen LogP contribution in [0.3, 0.4) is 0 Å². The van der Waals surface area contributed by atoms with Crippen LogP contribution in [-0.4, -0.2) is 55.8 Å². The molecule has 1 aromatic heterocycles. The van der Waals surface area contributed by atoms with E-state index in [4.69, 9.17) is 14.0 Å². The SMILES string of the molecule is CC(F)(F)c1ccc2c(c1)O[C@@H](c1ccc(OCCN3CC(CF)C3)cc1)c1c-2cnc2cc(OS(=O)(=O)O)ccc12. The Balaban J connectivity index is 1.35. The smallest absolute Gasteiger partial charge is 0.446 e. The fraction of sp³-hybridized carbons (Fsp3) is 0.300. The van der Waals surface area contributed by atoms with Crippen LogP contribution in [0.5, 0.6) is 17.2 Å². The molecule has 2 aliphatic rings. The molecule has 6 rings (SSSR count). The van der Waals surface area contributed by atoms with Gasteiger partial charge in [0.15, 0.2) is 6.10 Å². The highest BCUT2D eigenvalue weighted by Crippen LogP contribution is 2.48. The molecule has 1 saturated heterocycles. The van der Waals surface area contributed by atoms with Gasteiger partial charge in [-0.2, -0.15) is 8.42 Å². The molecule has 1 fully saturated rings. The first-order valence-corrected chi connectivity index (χ1v) is 14.6. The summed E-state index contributed by atoms with van der Waals surface area (Å²) in [7, 11) is -4.73. The molecule has 0 spiro atoms. The summed E-state index contributed by atoms with van der Waals surface area (Å²) in [5.74, 6) is -2.17. The third-order valence-corrected chi connectivity index (χ3v) is 7.88. The molecular formula is C30H27F3N2O6S. The normalized spacial score (nSPS) is 17.2. The molecule has 12 heteroatoms. The van der Waals surface area contributed by atoms with Crippen LogP contribution in [-0.2, 0) is 16.3 Å². The molecule has 3 aromatic carbocycles. The molecule has 42 heavy (non-hydrogen) atoms. The van der Waals surface area contributed by atoms with E-state index in [1.165, 1.54) is 24.3 Å². The van der Waals surface area contributed by atoms with E-state index in [9.17, 15) is 21.6 Å². The van der Waals surface area contributed by atoms with Gasteiger partial charge in [0.05, 0.1) is 12.2 Å². The van der Waals surface area contributed by atoms with Gasteiger partial charge in [-0.15, -0.1) is 0 Å². The highest BCUT2D eigenvalue weighted by molar-refractivity contribution is 7.81. The lowest BCUT2D eigenvalue weighted by molar-refractivity contribution is 0.0171. The Morgan fingerprint density at radius 1 is 1.05 bits per heavy atom. The Morgan fingerprint density at radius 3 is 2.48 bits per heavy atom. The second-order valence-electron chi connectivity index (χ2n) is 10.6. The Morgan fingerprint density at radius 2 is 1.79 bits per heavy atom. The van der Waals surface area contributed by atoms with Crippen LogP contribution in [0, 0.1) is 5.92 Å². The van der Waals surface area contributed by atoms with Gasteiger partial charge in [-0.1, -0.05) is 24.3 Å². The van der Waals surface area contributed by atoms with Crippen molar-refractivity contribution in [3.8, 4) is 28.4 Å². The maximum absolute atomic E-state index is 14.2. The van der Waals surface area contributed by atoms with Gasteiger partial charge in [0.25, 0.3) is 5.92 Å². The zero-order valence-electron chi connectivity index (χ0n) is 22.5. The number of halogens is 3. The molecule has 8 nitrogen and oxygen atoms in total. The van der Waals surface area contributed by atoms with E-state index in [1.54, 1.807) is 30.5 Å². The summed E-state index contributed by atoms with van der Waals surface area (Å²) in [6.45, 7) is 3.13. The number of ether oxygens (including phenoxy) is 2. The molecular weight excluding hydrogens is 573 g/mol. The van der Waals surface area contributed by atoms with Crippen LogP contribution in [0.1, 0.15) is 29.7 Å². The topological polar surface area (TPSA) is 98.2 Å². The average Bonchev–Trinajstić information content (AvgIpc) is 2.92. The summed E-state index contributed by atoms with van der Waals surface area (Å²) in [6.07, 6.45) is 0.855. The van der Waals surface area contributed by atoms with Gasteiger partial charge >= 0.3 is 10.4 Å². The average molecular weight is 601 g/mol. The van der Waals surface area contributed by atoms with E-state index in [0.29, 0.717) is 46.5 Å². The summed E-state index contributed by atoms with van der Waals surface area (Å²) < 4.78 is 89.4. The summed E-state index contributed by atoms with van der Waals surface area (Å²) in [5, 5.41) is 0.622. The van der Waals surface area contributed by atoms with Gasteiger partial charge in [0, 0.05) is 72.4 Å². The molecule has 0 amide bonds. The predicted molar refractivity (Wildman–Crippen MR) is 149 cm³/mol. The number of benzene rings is 3. The fourth-order valence-electron chi connectivity index (χ4n) is 5.39. The monoisotopic (exact) mass is 600 g/mol. The molecule has 0 saturated carbocycles. The number of aromatic nitrogens is 1. The molecule has 4 aromatic rings. The maximum Gasteiger partial charge on any atom is 0.446 e. The molecule has 0 radical (unpaired) electrons. The quantitative estimate of drug-likeness (QED) is 0.235. The van der Waals surface area contributed by atoms with Gasteiger partial charge in [-0.3, -0.25) is 18.8 Å². The first-order valence-electron chi connectivity index (χ1n) is 13.3. The van der Waals surface area contributed by atoms with E-state index in [0.717, 1.165) is 25.6 Å². The van der Waals surface area contributed by atoms with Gasteiger partial charge < -0.3 is 13.7 Å². The Labute approximate surface area is 240 Å². The van der Waals surface area contributed by atoms with Gasteiger partial charge in [-0.05, 0) is 35.9 Å². The van der Waals surface area contributed by atoms with Crippen LogP contribution in [0.25, 0.3) is 22.0 Å². The maximum atomic E-state index is 14.2. The van der Waals surface area contributed by atoms with E-state index in [-0.39, 0.29) is 29.7 Å². The predicted octanol–water partition coefficient (Wildman–Crippen LogP) is 5.96. The number of pyridine rings is 1. The molecule has 0 aliphatic carbocycles. The minimum atomic E-state index is -4.73. The first-order chi connectivity index (χ1) is 20.0. The van der Waals surface area contributed by atoms with E-state index >= 15 is 0 Å². The number of rotatable bonds is 9. The van der Waals surface area contributed by atoms with Gasteiger partial charge in [0.2, 0.25) is 0 Å². The lowest BCUT2D eigenvalue weighted by Gasteiger charge is -2.37. The molecule has 2 aliphatic heterocycles. The van der Waals surface area contributed by atoms with Gasteiger partial charge in [0.1, 0.15) is 23.9 Å². The number of hydrogen-bond acceptors (Lipinski definition) is 7. The second-order valence-corrected chi connectivity index (χ2v) is 11.6. The molecule has 0 bridgehead atoms. The summed E-state index contributed by atoms with van der Waals surface area (Å²) >= 11 is 0. The Hall–Kier alpha value is -3.87. The summed E-state index contributed by atoms with van der Waals surface area (Å²) in [5.41, 5.74) is 2.88. The van der Waals surface area contributed by atoms with Crippen molar-refractivity contribution in [2.75, 3.05) is 32.9 Å². The van der Waals surface area contributed by atoms with E-state index in [1.807, 2.05) is 12.1 Å². The number of fused-ring (bicyclic) bond motifs is 5. The Bertz CT molecular complexity index is 1740. The van der Waals surface area contributed by atoms with Crippen molar-refractivity contribution >= 4 is 21.3 Å². The lowest BCUT2D eigenvalue weighted by Crippen LogP contribution is -2.49. The van der Waals surface area contributed by atoms with Crippen LogP contribution in [0.15, 0.2) is 66.9 Å². The summed E-state index contributed by atoms with van der Waals surface area (Å²) in [4.78, 5) is 6.59. The lowest BCUT2D eigenvalue weighted by atomic mass is 9.87. The summed E-state index contributed by atoms with van der Waals surface area (Å²) in [6, 6.07) is 15.9. The zero-order valence-corrected chi connectivity index (χ0v) is 23.3.